The molecule has 1 unspecified atom stereocenters. The van der Waals surface area contributed by atoms with Crippen molar-refractivity contribution in [2.75, 3.05) is 0 Å². The van der Waals surface area contributed by atoms with Gasteiger partial charge in [-0.05, 0) is 35.0 Å². The molecule has 0 saturated heterocycles. The molecule has 16 heavy (non-hydrogen) atoms. The van der Waals surface area contributed by atoms with Gasteiger partial charge in [-0.25, -0.2) is 0 Å². The second kappa shape index (κ2) is 3.56. The van der Waals surface area contributed by atoms with Crippen LogP contribution in [0.2, 0.25) is 0 Å². The van der Waals surface area contributed by atoms with Crippen LogP contribution in [0.15, 0.2) is 18.2 Å². The molecule has 0 aromatic heterocycles. The number of nitrogens with one attached hydrogen (secondary N) is 1. The van der Waals surface area contributed by atoms with E-state index in [2.05, 4.69) is 5.32 Å². The van der Waals surface area contributed by atoms with Gasteiger partial charge >= 0.3 is 5.97 Å². The normalized spacial score (nSPS) is 22.4. The zero-order valence-electron chi connectivity index (χ0n) is 9.32. The van der Waals surface area contributed by atoms with Crippen LogP contribution in [0.4, 0.5) is 0 Å². The number of benzene rings is 1. The Morgan fingerprint density at radius 2 is 2.19 bits per heavy atom. The van der Waals surface area contributed by atoms with Crippen molar-refractivity contribution in [2.24, 2.45) is 0 Å². The number of carboxylic acids is 1. The highest BCUT2D eigenvalue weighted by molar-refractivity contribution is 6.40. The van der Waals surface area contributed by atoms with Crippen molar-refractivity contribution >= 4 is 21.7 Å². The third-order valence-corrected chi connectivity index (χ3v) is 3.02. The first-order valence-corrected chi connectivity index (χ1v) is 5.23. The Hall–Kier alpha value is -1.42. The molecule has 1 aromatic rings. The summed E-state index contributed by atoms with van der Waals surface area (Å²) in [5.41, 5.74) is 1.94. The first-order valence-electron chi connectivity index (χ1n) is 5.23. The maximum Gasteiger partial charge on any atom is 0.321 e. The minimum atomic E-state index is -0.859. The van der Waals surface area contributed by atoms with Gasteiger partial charge < -0.3 is 15.5 Å². The SMILES string of the molecule is BC1(B)NC(C(=O)O)Cc2cc(O)ccc21. The number of aromatic hydroxyl groups is 1. The first kappa shape index (κ1) is 11.1. The summed E-state index contributed by atoms with van der Waals surface area (Å²) in [4.78, 5) is 11.0. The van der Waals surface area contributed by atoms with Gasteiger partial charge in [-0.2, -0.15) is 0 Å². The van der Waals surface area contributed by atoms with E-state index in [9.17, 15) is 9.90 Å². The molecular formula is C10H13B2NO3. The topological polar surface area (TPSA) is 69.6 Å². The monoisotopic (exact) mass is 217 g/mol. The standard InChI is InChI=1S/C10H13B2NO3/c11-10(12)7-2-1-6(14)3-5(7)4-8(13-10)9(15)16/h1-3,8,13-14H,4,11-12H2,(H,15,16). The molecular weight excluding hydrogens is 204 g/mol. The average Bonchev–Trinajstić information content (AvgIpc) is 2.15. The lowest BCUT2D eigenvalue weighted by Crippen LogP contribution is -2.56. The predicted molar refractivity (Wildman–Crippen MR) is 65.1 cm³/mol. The van der Waals surface area contributed by atoms with Gasteiger partial charge in [0.15, 0.2) is 0 Å². The smallest absolute Gasteiger partial charge is 0.321 e. The van der Waals surface area contributed by atoms with E-state index in [1.54, 1.807) is 12.1 Å². The van der Waals surface area contributed by atoms with E-state index < -0.39 is 12.0 Å². The lowest BCUT2D eigenvalue weighted by atomic mass is 9.55. The fraction of sp³-hybridized carbons (Fsp3) is 0.300. The van der Waals surface area contributed by atoms with Gasteiger partial charge in [-0.1, -0.05) is 6.07 Å². The Balaban J connectivity index is 2.47. The molecule has 0 spiro atoms. The molecule has 0 aliphatic carbocycles. The Labute approximate surface area is 95.5 Å². The molecule has 0 fully saturated rings. The van der Waals surface area contributed by atoms with Crippen LogP contribution in [0, 0.1) is 0 Å². The summed E-state index contributed by atoms with van der Waals surface area (Å²) in [6.07, 6.45) is 0.405. The zero-order valence-corrected chi connectivity index (χ0v) is 9.32. The summed E-state index contributed by atoms with van der Waals surface area (Å²) in [7, 11) is 3.88. The summed E-state index contributed by atoms with van der Waals surface area (Å²) in [6.45, 7) is 0. The summed E-state index contributed by atoms with van der Waals surface area (Å²) in [6, 6.07) is 4.52. The maximum absolute atomic E-state index is 11.0. The Kier molecular flexibility index (Phi) is 2.46. The van der Waals surface area contributed by atoms with Crippen LogP contribution in [0.1, 0.15) is 11.1 Å². The number of hydrogen-bond donors (Lipinski definition) is 3. The summed E-state index contributed by atoms with van der Waals surface area (Å²) in [5.74, 6) is -0.678. The Bertz CT molecular complexity index is 448. The average molecular weight is 217 g/mol. The zero-order chi connectivity index (χ0) is 11.9. The molecule has 1 atom stereocenters. The number of carbonyl (C=O) groups is 1. The van der Waals surface area contributed by atoms with Crippen LogP contribution in [-0.4, -0.2) is 37.9 Å². The van der Waals surface area contributed by atoms with Crippen LogP contribution in [-0.2, 0) is 16.6 Å². The fourth-order valence-corrected chi connectivity index (χ4v) is 2.29. The van der Waals surface area contributed by atoms with E-state index in [0.717, 1.165) is 11.1 Å². The molecule has 2 rings (SSSR count). The summed E-state index contributed by atoms with van der Waals surface area (Å²) in [5, 5.41) is 21.2. The molecule has 4 nitrogen and oxygen atoms in total. The minimum absolute atomic E-state index is 0.181. The molecule has 1 heterocycles. The number of fused-ring (bicyclic) bond motifs is 1. The molecule has 0 radical (unpaired) electrons. The number of rotatable bonds is 1. The van der Waals surface area contributed by atoms with E-state index in [1.807, 2.05) is 21.8 Å². The van der Waals surface area contributed by atoms with Crippen molar-refractivity contribution in [1.82, 2.24) is 5.32 Å². The second-order valence-electron chi connectivity index (χ2n) is 4.71. The van der Waals surface area contributed by atoms with E-state index in [4.69, 9.17) is 5.11 Å². The van der Waals surface area contributed by atoms with Gasteiger partial charge in [0, 0.05) is 0 Å². The molecule has 0 amide bonds. The highest BCUT2D eigenvalue weighted by Crippen LogP contribution is 2.28. The highest BCUT2D eigenvalue weighted by Gasteiger charge is 2.34. The molecule has 6 heteroatoms. The van der Waals surface area contributed by atoms with Gasteiger partial charge in [0.25, 0.3) is 0 Å². The van der Waals surface area contributed by atoms with Crippen molar-refractivity contribution in [3.05, 3.63) is 29.3 Å². The Morgan fingerprint density at radius 1 is 1.50 bits per heavy atom. The third-order valence-electron chi connectivity index (χ3n) is 3.02. The first-order chi connectivity index (χ1) is 7.40. The molecule has 1 aliphatic heterocycles. The molecule has 0 saturated carbocycles. The van der Waals surface area contributed by atoms with Crippen molar-refractivity contribution in [3.63, 3.8) is 0 Å². The van der Waals surface area contributed by atoms with Crippen LogP contribution in [0.3, 0.4) is 0 Å². The van der Waals surface area contributed by atoms with E-state index in [1.165, 1.54) is 0 Å². The quantitative estimate of drug-likeness (QED) is 0.493. The van der Waals surface area contributed by atoms with Gasteiger partial charge in [-0.3, -0.25) is 4.79 Å². The van der Waals surface area contributed by atoms with Crippen LogP contribution >= 0.6 is 0 Å². The largest absolute Gasteiger partial charge is 0.508 e. The minimum Gasteiger partial charge on any atom is -0.508 e. The third kappa shape index (κ3) is 1.80. The van der Waals surface area contributed by atoms with Gasteiger partial charge in [0.05, 0.1) is 0 Å². The molecule has 1 aromatic carbocycles. The van der Waals surface area contributed by atoms with Gasteiger partial charge in [-0.15, -0.1) is 0 Å². The summed E-state index contributed by atoms with van der Waals surface area (Å²) >= 11 is 0. The predicted octanol–water partition coefficient (Wildman–Crippen LogP) is -1.63. The Morgan fingerprint density at radius 3 is 2.81 bits per heavy atom. The number of hydrogen-bond acceptors (Lipinski definition) is 3. The highest BCUT2D eigenvalue weighted by atomic mass is 16.4. The van der Waals surface area contributed by atoms with E-state index in [-0.39, 0.29) is 11.1 Å². The van der Waals surface area contributed by atoms with Crippen LogP contribution in [0.5, 0.6) is 5.75 Å². The van der Waals surface area contributed by atoms with Gasteiger partial charge in [0.1, 0.15) is 27.5 Å². The van der Waals surface area contributed by atoms with Crippen molar-refractivity contribution in [1.29, 1.82) is 0 Å². The van der Waals surface area contributed by atoms with Gasteiger partial charge in [0.2, 0.25) is 0 Å². The van der Waals surface area contributed by atoms with Crippen molar-refractivity contribution in [2.45, 2.75) is 17.8 Å². The number of phenolic OH excluding ortho intramolecular Hbond substituents is 1. The van der Waals surface area contributed by atoms with E-state index in [0.29, 0.717) is 6.42 Å². The maximum atomic E-state index is 11.0. The lowest BCUT2D eigenvalue weighted by Gasteiger charge is -2.37. The molecule has 3 N–H and O–H groups in total. The van der Waals surface area contributed by atoms with Crippen molar-refractivity contribution < 1.29 is 15.0 Å². The fourth-order valence-electron chi connectivity index (χ4n) is 2.29. The molecule has 1 aliphatic rings. The number of aliphatic carboxylic acids is 1. The molecule has 82 valence electrons. The molecule has 0 bridgehead atoms. The van der Waals surface area contributed by atoms with E-state index >= 15 is 0 Å². The number of carboxylic acid groups (broad SMARTS) is 1. The number of phenols is 1. The second-order valence-corrected chi connectivity index (χ2v) is 4.71. The van der Waals surface area contributed by atoms with Crippen molar-refractivity contribution in [3.8, 4) is 5.75 Å². The summed E-state index contributed by atoms with van der Waals surface area (Å²) < 4.78 is 0. The lowest BCUT2D eigenvalue weighted by molar-refractivity contribution is -0.139. The van der Waals surface area contributed by atoms with Crippen LogP contribution < -0.4 is 5.32 Å². The van der Waals surface area contributed by atoms with Crippen LogP contribution in [0.25, 0.3) is 0 Å².